The summed E-state index contributed by atoms with van der Waals surface area (Å²) >= 11 is 0. The SMILES string of the molecule is CC/C=C\C/C=C\C/C=C\C/C=C\C/C=C\C/C=C\C/C=C\C/C=C\C/C=C\C/C=C\CCCCCCCCC(=O)OC(COC(=O)CCCCCCCCCCCCCCCCCCCCC/C=C\C/C=C\C/C=C\C/C=C\C/C=C\C/C=C\C/C=C\CC)COC(OCC[N+](C)(C)C)C(=O)O. The van der Waals surface area contributed by atoms with Crippen molar-refractivity contribution < 1.29 is 42.9 Å². The molecule has 0 aromatic rings. The van der Waals surface area contributed by atoms with E-state index < -0.39 is 24.3 Å². The van der Waals surface area contributed by atoms with E-state index in [-0.39, 0.29) is 38.6 Å². The molecule has 0 aliphatic rings. The van der Waals surface area contributed by atoms with E-state index in [1.807, 2.05) is 21.1 Å². The summed E-state index contributed by atoms with van der Waals surface area (Å²) in [4.78, 5) is 37.8. The van der Waals surface area contributed by atoms with Gasteiger partial charge in [-0.25, -0.2) is 4.79 Å². The number of likely N-dealkylation sites (N-methyl/N-ethyl adjacent to an activating group) is 1. The Morgan fingerprint density at radius 1 is 0.291 bits per heavy atom. The summed E-state index contributed by atoms with van der Waals surface area (Å²) in [5.41, 5.74) is 0. The predicted molar refractivity (Wildman–Crippen MR) is 446 cm³/mol. The van der Waals surface area contributed by atoms with Crippen LogP contribution in [0.5, 0.6) is 0 Å². The van der Waals surface area contributed by atoms with Gasteiger partial charge in [0, 0.05) is 12.8 Å². The average Bonchev–Trinajstić information content (AvgIpc) is 1.16. The third kappa shape index (κ3) is 83.0. The molecule has 0 aromatic heterocycles. The molecule has 0 aromatic carbocycles. The molecule has 580 valence electrons. The zero-order valence-electron chi connectivity index (χ0n) is 66.4. The van der Waals surface area contributed by atoms with Crippen LogP contribution in [0.2, 0.25) is 0 Å². The van der Waals surface area contributed by atoms with Crippen molar-refractivity contribution >= 4 is 17.9 Å². The fourth-order valence-electron chi connectivity index (χ4n) is 10.8. The summed E-state index contributed by atoms with van der Waals surface area (Å²) in [6, 6.07) is 0. The fourth-order valence-corrected chi connectivity index (χ4v) is 10.8. The van der Waals surface area contributed by atoms with Gasteiger partial charge in [0.15, 0.2) is 6.10 Å². The van der Waals surface area contributed by atoms with Crippen molar-refractivity contribution in [2.45, 2.75) is 322 Å². The van der Waals surface area contributed by atoms with Gasteiger partial charge in [-0.05, 0) is 148 Å². The standard InChI is InChI=1S/C94H151NO8/c1-6-8-10-12-14-16-18-20-22-24-26-28-30-32-34-36-38-40-42-44-45-46-47-49-50-52-54-56-58-60-62-64-66-68-70-72-74-76-78-80-82-84-91(96)101-88-90(89-102-94(93(98)99)100-87-86-95(3,4)5)103-92(97)85-83-81-79-77-75-73-71-69-67-65-63-61-59-57-55-53-51-48-43-41-39-37-35-33-31-29-27-25-23-21-19-17-15-13-11-9-7-2/h8-11,14-17,20-23,26-29,32-35,38-41,44-45,48,51,55,57,61,63,67,69,90,94H,6-7,12-13,18-19,24-25,30-31,36-37,42-43,46-47,49-50,52-54,56,58-60,62,64-66,68,70-89H2,1-5H3/p+1/b10-8-,11-9-,16-14-,17-15-,22-20-,23-21-,28-26-,29-27-,34-32-,35-33-,40-38-,41-39-,45-44-,51-48-,57-55-,63-61-,69-67-. The summed E-state index contributed by atoms with van der Waals surface area (Å²) in [5, 5.41) is 9.78. The molecule has 0 rings (SSSR count). The predicted octanol–water partition coefficient (Wildman–Crippen LogP) is 27.0. The number of carbonyl (C=O) groups excluding carboxylic acids is 2. The molecular formula is C94H152NO8+. The Balaban J connectivity index is 4.10. The van der Waals surface area contributed by atoms with Crippen molar-refractivity contribution in [3.63, 3.8) is 0 Å². The van der Waals surface area contributed by atoms with Gasteiger partial charge < -0.3 is 28.5 Å². The van der Waals surface area contributed by atoms with Gasteiger partial charge in [0.25, 0.3) is 6.29 Å². The highest BCUT2D eigenvalue weighted by atomic mass is 16.7. The number of allylic oxidation sites excluding steroid dienone is 34. The first-order valence-electron chi connectivity index (χ1n) is 41.2. The zero-order valence-corrected chi connectivity index (χ0v) is 66.4. The highest BCUT2D eigenvalue weighted by Gasteiger charge is 2.25. The number of unbranched alkanes of at least 4 members (excludes halogenated alkanes) is 25. The van der Waals surface area contributed by atoms with Crippen LogP contribution < -0.4 is 0 Å². The Morgan fingerprint density at radius 3 is 0.777 bits per heavy atom. The van der Waals surface area contributed by atoms with Crippen molar-refractivity contribution in [1.82, 2.24) is 0 Å². The fraction of sp³-hybridized carbons (Fsp3) is 0.606. The third-order valence-electron chi connectivity index (χ3n) is 17.0. The van der Waals surface area contributed by atoms with E-state index in [9.17, 15) is 19.5 Å². The van der Waals surface area contributed by atoms with Crippen LogP contribution in [0, 0.1) is 0 Å². The lowest BCUT2D eigenvalue weighted by molar-refractivity contribution is -0.870. The number of carbonyl (C=O) groups is 3. The number of ether oxygens (including phenoxy) is 4. The second-order valence-electron chi connectivity index (χ2n) is 28.0. The first-order valence-corrected chi connectivity index (χ1v) is 41.2. The maximum atomic E-state index is 13.0. The third-order valence-corrected chi connectivity index (χ3v) is 17.0. The number of hydrogen-bond acceptors (Lipinski definition) is 7. The first-order chi connectivity index (χ1) is 50.6. The number of aliphatic carboxylic acids is 1. The first kappa shape index (κ1) is 96.9. The molecule has 0 spiro atoms. The number of nitrogens with zero attached hydrogens (tertiary/aromatic N) is 1. The minimum Gasteiger partial charge on any atom is -0.477 e. The van der Waals surface area contributed by atoms with Gasteiger partial charge in [-0.2, -0.15) is 0 Å². The minimum atomic E-state index is -1.53. The molecule has 0 heterocycles. The average molecular weight is 1420 g/mol. The largest absolute Gasteiger partial charge is 0.477 e. The van der Waals surface area contributed by atoms with Crippen LogP contribution in [0.15, 0.2) is 207 Å². The van der Waals surface area contributed by atoms with Crippen LogP contribution in [0.3, 0.4) is 0 Å². The van der Waals surface area contributed by atoms with Gasteiger partial charge in [0.2, 0.25) is 0 Å². The molecule has 0 aliphatic heterocycles. The van der Waals surface area contributed by atoms with Gasteiger partial charge in [-0.3, -0.25) is 9.59 Å². The molecule has 0 aliphatic carbocycles. The molecule has 0 amide bonds. The van der Waals surface area contributed by atoms with Crippen molar-refractivity contribution in [2.24, 2.45) is 0 Å². The molecule has 9 heteroatoms. The minimum absolute atomic E-state index is 0.176. The van der Waals surface area contributed by atoms with Crippen LogP contribution in [0.25, 0.3) is 0 Å². The lowest BCUT2D eigenvalue weighted by atomic mass is 10.0. The van der Waals surface area contributed by atoms with Gasteiger partial charge in [0.05, 0.1) is 34.4 Å². The molecular weight excluding hydrogens is 1270 g/mol. The van der Waals surface area contributed by atoms with E-state index in [0.29, 0.717) is 17.4 Å². The molecule has 2 unspecified atom stereocenters. The lowest BCUT2D eigenvalue weighted by Gasteiger charge is -2.25. The monoisotopic (exact) mass is 1420 g/mol. The summed E-state index contributed by atoms with van der Waals surface area (Å²) in [5.74, 6) is -2.03. The second-order valence-corrected chi connectivity index (χ2v) is 28.0. The maximum absolute atomic E-state index is 13.0. The number of rotatable bonds is 74. The molecule has 0 radical (unpaired) electrons. The highest BCUT2D eigenvalue weighted by molar-refractivity contribution is 5.71. The van der Waals surface area contributed by atoms with Crippen molar-refractivity contribution in [3.8, 4) is 0 Å². The van der Waals surface area contributed by atoms with Crippen molar-refractivity contribution in [2.75, 3.05) is 47.5 Å². The molecule has 0 saturated heterocycles. The van der Waals surface area contributed by atoms with Crippen molar-refractivity contribution in [3.05, 3.63) is 207 Å². The molecule has 1 N–H and O–H groups in total. The van der Waals surface area contributed by atoms with Gasteiger partial charge >= 0.3 is 17.9 Å². The number of esters is 2. The molecule has 0 fully saturated rings. The van der Waals surface area contributed by atoms with Gasteiger partial charge in [-0.15, -0.1) is 0 Å². The molecule has 103 heavy (non-hydrogen) atoms. The summed E-state index contributed by atoms with van der Waals surface area (Å²) < 4.78 is 23.0. The van der Waals surface area contributed by atoms with Crippen LogP contribution >= 0.6 is 0 Å². The highest BCUT2D eigenvalue weighted by Crippen LogP contribution is 2.17. The van der Waals surface area contributed by atoms with E-state index in [2.05, 4.69) is 220 Å². The lowest BCUT2D eigenvalue weighted by Crippen LogP contribution is -2.40. The Labute approximate surface area is 633 Å². The number of hydrogen-bond donors (Lipinski definition) is 1. The van der Waals surface area contributed by atoms with Crippen LogP contribution in [0.4, 0.5) is 0 Å². The second kappa shape index (κ2) is 81.5. The maximum Gasteiger partial charge on any atom is 0.361 e. The number of carboxylic acids is 1. The number of quaternary nitrogens is 1. The van der Waals surface area contributed by atoms with Crippen LogP contribution in [-0.2, 0) is 33.3 Å². The topological polar surface area (TPSA) is 108 Å². The van der Waals surface area contributed by atoms with E-state index >= 15 is 0 Å². The van der Waals surface area contributed by atoms with E-state index in [0.717, 1.165) is 167 Å². The molecule has 0 bridgehead atoms. The summed E-state index contributed by atoms with van der Waals surface area (Å²) in [6.07, 6.45) is 124. The molecule has 2 atom stereocenters. The zero-order chi connectivity index (χ0) is 74.6. The van der Waals surface area contributed by atoms with Crippen LogP contribution in [-0.4, -0.2) is 87.4 Å². The van der Waals surface area contributed by atoms with Crippen molar-refractivity contribution in [1.29, 1.82) is 0 Å². The Morgan fingerprint density at radius 2 is 0.524 bits per heavy atom. The number of carboxylic acid groups (broad SMARTS) is 1. The molecule has 0 saturated carbocycles. The van der Waals surface area contributed by atoms with E-state index in [4.69, 9.17) is 18.9 Å². The smallest absolute Gasteiger partial charge is 0.361 e. The quantitative estimate of drug-likeness (QED) is 0.0211. The Kier molecular flexibility index (Phi) is 76.7. The summed E-state index contributed by atoms with van der Waals surface area (Å²) in [7, 11) is 5.97. The van der Waals surface area contributed by atoms with E-state index in [1.54, 1.807) is 0 Å². The molecule has 9 nitrogen and oxygen atoms in total. The van der Waals surface area contributed by atoms with Gasteiger partial charge in [0.1, 0.15) is 13.2 Å². The van der Waals surface area contributed by atoms with Crippen LogP contribution in [0.1, 0.15) is 309 Å². The normalized spacial score (nSPS) is 13.8. The Hall–Kier alpha value is -6.13. The van der Waals surface area contributed by atoms with E-state index in [1.165, 1.54) is 109 Å². The Bertz CT molecular complexity index is 2460. The summed E-state index contributed by atoms with van der Waals surface area (Å²) in [6.45, 7) is 4.63. The van der Waals surface area contributed by atoms with Gasteiger partial charge in [-0.1, -0.05) is 355 Å².